The van der Waals surface area contributed by atoms with E-state index in [1.165, 1.54) is 7.11 Å². The zero-order valence-corrected chi connectivity index (χ0v) is 22.6. The molecule has 0 bridgehead atoms. The van der Waals surface area contributed by atoms with Crippen LogP contribution in [-0.4, -0.2) is 49.9 Å². The highest BCUT2D eigenvalue weighted by molar-refractivity contribution is 8.04. The topological polar surface area (TPSA) is 77.3 Å². The molecule has 0 radical (unpaired) electrons. The Morgan fingerprint density at radius 3 is 2.47 bits per heavy atom. The van der Waals surface area contributed by atoms with Crippen molar-refractivity contribution in [3.05, 3.63) is 23.3 Å². The summed E-state index contributed by atoms with van der Waals surface area (Å²) in [4.78, 5) is 33.7. The first kappa shape index (κ1) is 26.8. The molecule has 1 amide bonds. The molecule has 1 aromatic heterocycles. The van der Waals surface area contributed by atoms with Crippen molar-refractivity contribution in [1.29, 1.82) is 0 Å². The number of carbonyl (C=O) groups is 2. The van der Waals surface area contributed by atoms with Gasteiger partial charge in [0.2, 0.25) is 5.91 Å². The fourth-order valence-electron chi connectivity index (χ4n) is 5.14. The van der Waals surface area contributed by atoms with Crippen molar-refractivity contribution in [3.63, 3.8) is 0 Å². The van der Waals surface area contributed by atoms with Crippen molar-refractivity contribution in [2.24, 2.45) is 11.3 Å². The third-order valence-corrected chi connectivity index (χ3v) is 9.15. The second-order valence-electron chi connectivity index (χ2n) is 10.7. The van der Waals surface area contributed by atoms with Gasteiger partial charge in [0, 0.05) is 29.3 Å². The lowest BCUT2D eigenvalue weighted by molar-refractivity contribution is -0.137. The summed E-state index contributed by atoms with van der Waals surface area (Å²) in [5, 5.41) is 4.56. The molecule has 2 atom stereocenters. The largest absolute Gasteiger partial charge is 0.465 e. The molecule has 2 unspecified atom stereocenters. The number of ether oxygens (including phenoxy) is 1. The van der Waals surface area contributed by atoms with E-state index >= 15 is 0 Å². The van der Waals surface area contributed by atoms with E-state index in [1.807, 2.05) is 9.58 Å². The molecule has 3 rings (SSSR count). The molecule has 1 saturated carbocycles. The van der Waals surface area contributed by atoms with E-state index in [9.17, 15) is 9.59 Å². The Bertz CT molecular complexity index is 854. The molecule has 1 fully saturated rings. The van der Waals surface area contributed by atoms with E-state index in [0.29, 0.717) is 10.9 Å². The number of thioether (sulfide) groups is 1. The molecule has 1 aliphatic heterocycles. The molecule has 2 aliphatic rings. The van der Waals surface area contributed by atoms with Gasteiger partial charge in [0.25, 0.3) is 0 Å². The Morgan fingerprint density at radius 2 is 1.94 bits per heavy atom. The van der Waals surface area contributed by atoms with Gasteiger partial charge in [-0.05, 0) is 43.9 Å². The minimum atomic E-state index is -0.317. The standard InChI is InChI=1S/C26H42N4O3S/c1-7-9-10-18(8-2)24(31)30(20-13-11-19(12-14-20)29-17-27-16-28-29)21-15-22(26(3,4)5)34-23(21)25(32)33-6/h16-20,22H,7-15H2,1-6H3. The first-order valence-electron chi connectivity index (χ1n) is 12.9. The Balaban J connectivity index is 1.93. The number of nitrogens with zero attached hydrogens (tertiary/aromatic N) is 4. The molecular weight excluding hydrogens is 448 g/mol. The van der Waals surface area contributed by atoms with Crippen LogP contribution in [0.1, 0.15) is 98.4 Å². The van der Waals surface area contributed by atoms with E-state index in [4.69, 9.17) is 4.74 Å². The monoisotopic (exact) mass is 490 g/mol. The quantitative estimate of drug-likeness (QED) is 0.411. The second-order valence-corrected chi connectivity index (χ2v) is 12.0. The molecule has 8 heteroatoms. The van der Waals surface area contributed by atoms with Gasteiger partial charge in [-0.15, -0.1) is 11.8 Å². The van der Waals surface area contributed by atoms with E-state index in [1.54, 1.807) is 24.4 Å². The molecule has 7 nitrogen and oxygen atoms in total. The summed E-state index contributed by atoms with van der Waals surface area (Å²) in [5.74, 6) is -0.146. The number of unbranched alkanes of at least 4 members (excludes halogenated alkanes) is 1. The minimum Gasteiger partial charge on any atom is -0.465 e. The van der Waals surface area contributed by atoms with Crippen LogP contribution in [0, 0.1) is 11.3 Å². The third-order valence-electron chi connectivity index (χ3n) is 7.36. The summed E-state index contributed by atoms with van der Waals surface area (Å²) in [6.07, 6.45) is 11.6. The number of esters is 1. The molecule has 190 valence electrons. The molecule has 1 aromatic rings. The average Bonchev–Trinajstić information content (AvgIpc) is 3.50. The Morgan fingerprint density at radius 1 is 1.24 bits per heavy atom. The summed E-state index contributed by atoms with van der Waals surface area (Å²) < 4.78 is 7.13. The smallest absolute Gasteiger partial charge is 0.346 e. The number of rotatable bonds is 9. The number of amides is 1. The predicted octanol–water partition coefficient (Wildman–Crippen LogP) is 5.74. The van der Waals surface area contributed by atoms with Crippen LogP contribution in [0.2, 0.25) is 0 Å². The Kier molecular flexibility index (Phi) is 9.24. The summed E-state index contributed by atoms with van der Waals surface area (Å²) >= 11 is 1.59. The lowest BCUT2D eigenvalue weighted by atomic mass is 9.86. The van der Waals surface area contributed by atoms with Crippen LogP contribution in [0.3, 0.4) is 0 Å². The van der Waals surface area contributed by atoms with Gasteiger partial charge in [0.05, 0.1) is 13.2 Å². The number of allylic oxidation sites excluding steroid dienone is 1. The molecule has 0 aromatic carbocycles. The van der Waals surface area contributed by atoms with Crippen LogP contribution in [0.15, 0.2) is 23.3 Å². The summed E-state index contributed by atoms with van der Waals surface area (Å²) in [7, 11) is 1.43. The average molecular weight is 491 g/mol. The van der Waals surface area contributed by atoms with Crippen LogP contribution in [0.25, 0.3) is 0 Å². The van der Waals surface area contributed by atoms with Crippen molar-refractivity contribution < 1.29 is 14.3 Å². The lowest BCUT2D eigenvalue weighted by Gasteiger charge is -2.40. The zero-order valence-electron chi connectivity index (χ0n) is 21.7. The van der Waals surface area contributed by atoms with E-state index in [-0.39, 0.29) is 34.5 Å². The van der Waals surface area contributed by atoms with Gasteiger partial charge in [-0.25, -0.2) is 14.5 Å². The van der Waals surface area contributed by atoms with Crippen LogP contribution in [-0.2, 0) is 14.3 Å². The number of hydrogen-bond acceptors (Lipinski definition) is 6. The van der Waals surface area contributed by atoms with Crippen LogP contribution >= 0.6 is 11.8 Å². The number of hydrogen-bond donors (Lipinski definition) is 0. The molecule has 34 heavy (non-hydrogen) atoms. The summed E-state index contributed by atoms with van der Waals surface area (Å²) in [6, 6.07) is 0.407. The molecular formula is C26H42N4O3S. The summed E-state index contributed by atoms with van der Waals surface area (Å²) in [6.45, 7) is 10.9. The van der Waals surface area contributed by atoms with Gasteiger partial charge in [0.1, 0.15) is 17.6 Å². The third kappa shape index (κ3) is 6.04. The maximum atomic E-state index is 14.1. The van der Waals surface area contributed by atoms with E-state index in [0.717, 1.165) is 63.5 Å². The highest BCUT2D eigenvalue weighted by atomic mass is 32.2. The van der Waals surface area contributed by atoms with Crippen molar-refractivity contribution in [3.8, 4) is 0 Å². The van der Waals surface area contributed by atoms with Crippen molar-refractivity contribution >= 4 is 23.6 Å². The second kappa shape index (κ2) is 11.7. The molecule has 0 saturated heterocycles. The zero-order chi connectivity index (χ0) is 24.9. The predicted molar refractivity (Wildman–Crippen MR) is 136 cm³/mol. The first-order valence-corrected chi connectivity index (χ1v) is 13.7. The fourth-order valence-corrected chi connectivity index (χ4v) is 6.52. The SMILES string of the molecule is CCCCC(CC)C(=O)N(C1=C(C(=O)OC)SC(C(C)(C)C)C1)C1CCC(n2cncn2)CC1. The highest BCUT2D eigenvalue weighted by Gasteiger charge is 2.43. The Labute approximate surface area is 209 Å². The fraction of sp³-hybridized carbons (Fsp3) is 0.769. The minimum absolute atomic E-state index is 0.0114. The number of carbonyl (C=O) groups excluding carboxylic acids is 2. The van der Waals surface area contributed by atoms with Gasteiger partial charge in [-0.2, -0.15) is 5.10 Å². The maximum absolute atomic E-state index is 14.1. The molecule has 0 spiro atoms. The Hall–Kier alpha value is -1.83. The first-order chi connectivity index (χ1) is 16.2. The van der Waals surface area contributed by atoms with Crippen molar-refractivity contribution in [2.75, 3.05) is 7.11 Å². The van der Waals surface area contributed by atoms with Gasteiger partial charge < -0.3 is 9.64 Å². The van der Waals surface area contributed by atoms with Crippen molar-refractivity contribution in [1.82, 2.24) is 19.7 Å². The van der Waals surface area contributed by atoms with Gasteiger partial charge in [-0.1, -0.05) is 47.5 Å². The van der Waals surface area contributed by atoms with Crippen LogP contribution in [0.5, 0.6) is 0 Å². The number of aromatic nitrogens is 3. The van der Waals surface area contributed by atoms with Gasteiger partial charge in [-0.3, -0.25) is 4.79 Å². The van der Waals surface area contributed by atoms with Gasteiger partial charge in [0.15, 0.2) is 0 Å². The molecule has 2 heterocycles. The summed E-state index contributed by atoms with van der Waals surface area (Å²) in [5.41, 5.74) is 0.901. The van der Waals surface area contributed by atoms with Crippen LogP contribution < -0.4 is 0 Å². The number of methoxy groups -OCH3 is 1. The maximum Gasteiger partial charge on any atom is 0.346 e. The van der Waals surface area contributed by atoms with E-state index in [2.05, 4.69) is 44.7 Å². The lowest BCUT2D eigenvalue weighted by Crippen LogP contribution is -2.45. The van der Waals surface area contributed by atoms with E-state index < -0.39 is 0 Å². The molecule has 0 N–H and O–H groups in total. The van der Waals surface area contributed by atoms with Crippen LogP contribution in [0.4, 0.5) is 0 Å². The molecule has 1 aliphatic carbocycles. The van der Waals surface area contributed by atoms with Crippen molar-refractivity contribution in [2.45, 2.75) is 110 Å². The van der Waals surface area contributed by atoms with Gasteiger partial charge >= 0.3 is 5.97 Å². The highest BCUT2D eigenvalue weighted by Crippen LogP contribution is 2.49. The normalized spacial score (nSPS) is 24.2.